The number of nitrogens with zero attached hydrogens (tertiary/aromatic N) is 2. The third kappa shape index (κ3) is 5.25. The predicted octanol–water partition coefficient (Wildman–Crippen LogP) is 2.64. The first kappa shape index (κ1) is 21.4. The van der Waals surface area contributed by atoms with Crippen LogP contribution in [-0.2, 0) is 22.6 Å². The van der Waals surface area contributed by atoms with E-state index in [9.17, 15) is 9.59 Å². The summed E-state index contributed by atoms with van der Waals surface area (Å²) < 4.78 is 0. The summed E-state index contributed by atoms with van der Waals surface area (Å²) >= 11 is 0. The van der Waals surface area contributed by atoms with E-state index in [4.69, 9.17) is 0 Å². The molecule has 164 valence electrons. The molecule has 0 spiro atoms. The van der Waals surface area contributed by atoms with E-state index in [1.807, 2.05) is 30.3 Å². The molecule has 1 fully saturated rings. The lowest BCUT2D eigenvalue weighted by Crippen LogP contribution is -2.45. The fraction of sp³-hybridized carbons (Fsp3) is 0.440. The standard InChI is InChI=1S/C25H32N4O2/c1-28-15-12-21-16-20(10-11-22(21)28)23(29-13-6-3-7-14-29)18-27-25(31)24(30)26-17-19-8-4-2-5-9-19/h2,4-5,8-11,16,23H,3,6-7,12-15,17-18H2,1H3,(H,26,30)(H,27,31)/t23-/m0/s1. The van der Waals surface area contributed by atoms with Gasteiger partial charge in [0.2, 0.25) is 0 Å². The number of anilines is 1. The first-order chi connectivity index (χ1) is 15.1. The van der Waals surface area contributed by atoms with Crippen molar-refractivity contribution in [3.05, 3.63) is 65.2 Å². The highest BCUT2D eigenvalue weighted by atomic mass is 16.2. The maximum Gasteiger partial charge on any atom is 0.309 e. The third-order valence-electron chi connectivity index (χ3n) is 6.41. The van der Waals surface area contributed by atoms with Crippen molar-refractivity contribution >= 4 is 17.5 Å². The molecule has 6 nitrogen and oxygen atoms in total. The van der Waals surface area contributed by atoms with Crippen LogP contribution in [0.15, 0.2) is 48.5 Å². The molecule has 0 bridgehead atoms. The lowest BCUT2D eigenvalue weighted by atomic mass is 9.98. The average Bonchev–Trinajstić information content (AvgIpc) is 3.19. The van der Waals surface area contributed by atoms with Crippen molar-refractivity contribution in [2.24, 2.45) is 0 Å². The van der Waals surface area contributed by atoms with E-state index in [0.29, 0.717) is 13.1 Å². The molecule has 4 rings (SSSR count). The van der Waals surface area contributed by atoms with Gasteiger partial charge >= 0.3 is 11.8 Å². The number of benzene rings is 2. The average molecular weight is 421 g/mol. The molecule has 0 radical (unpaired) electrons. The number of piperidine rings is 1. The number of rotatable bonds is 6. The molecular weight excluding hydrogens is 388 g/mol. The number of carbonyl (C=O) groups is 2. The molecule has 2 heterocycles. The molecule has 1 saturated heterocycles. The number of likely N-dealkylation sites (tertiary alicyclic amines) is 1. The highest BCUT2D eigenvalue weighted by molar-refractivity contribution is 6.35. The van der Waals surface area contributed by atoms with Gasteiger partial charge in [0.15, 0.2) is 0 Å². The van der Waals surface area contributed by atoms with Crippen molar-refractivity contribution in [2.75, 3.05) is 38.1 Å². The smallest absolute Gasteiger partial charge is 0.309 e. The van der Waals surface area contributed by atoms with Crippen LogP contribution in [0.2, 0.25) is 0 Å². The number of hydrogen-bond acceptors (Lipinski definition) is 4. The Balaban J connectivity index is 1.40. The van der Waals surface area contributed by atoms with Gasteiger partial charge in [-0.05, 0) is 55.1 Å². The van der Waals surface area contributed by atoms with Crippen molar-refractivity contribution in [2.45, 2.75) is 38.3 Å². The van der Waals surface area contributed by atoms with Crippen molar-refractivity contribution in [1.82, 2.24) is 15.5 Å². The lowest BCUT2D eigenvalue weighted by Gasteiger charge is -2.35. The SMILES string of the molecule is CN1CCc2cc([C@H](CNC(=O)C(=O)NCc3ccccc3)N3CCCCC3)ccc21. The molecule has 2 aromatic rings. The molecule has 31 heavy (non-hydrogen) atoms. The summed E-state index contributed by atoms with van der Waals surface area (Å²) in [4.78, 5) is 29.5. The zero-order valence-electron chi connectivity index (χ0n) is 18.3. The van der Waals surface area contributed by atoms with Gasteiger partial charge in [-0.1, -0.05) is 48.9 Å². The second-order valence-corrected chi connectivity index (χ2v) is 8.55. The second kappa shape index (κ2) is 9.96. The van der Waals surface area contributed by atoms with Crippen LogP contribution in [-0.4, -0.2) is 49.9 Å². The van der Waals surface area contributed by atoms with Gasteiger partial charge in [0, 0.05) is 32.4 Å². The van der Waals surface area contributed by atoms with Gasteiger partial charge in [-0.15, -0.1) is 0 Å². The molecule has 2 aliphatic rings. The molecule has 0 aromatic heterocycles. The fourth-order valence-corrected chi connectivity index (χ4v) is 4.61. The molecule has 0 unspecified atom stereocenters. The molecule has 2 N–H and O–H groups in total. The quantitative estimate of drug-likeness (QED) is 0.706. The molecule has 6 heteroatoms. The molecule has 2 amide bonds. The van der Waals surface area contributed by atoms with E-state index in [1.54, 1.807) is 0 Å². The van der Waals surface area contributed by atoms with Crippen LogP contribution in [0, 0.1) is 0 Å². The first-order valence-corrected chi connectivity index (χ1v) is 11.3. The number of nitrogens with one attached hydrogen (secondary N) is 2. The van der Waals surface area contributed by atoms with Gasteiger partial charge in [0.05, 0.1) is 6.04 Å². The Morgan fingerprint density at radius 1 is 0.935 bits per heavy atom. The van der Waals surface area contributed by atoms with E-state index in [1.165, 1.54) is 36.1 Å². The van der Waals surface area contributed by atoms with Gasteiger partial charge in [-0.25, -0.2) is 0 Å². The van der Waals surface area contributed by atoms with E-state index in [0.717, 1.165) is 31.6 Å². The van der Waals surface area contributed by atoms with Crippen molar-refractivity contribution < 1.29 is 9.59 Å². The number of likely N-dealkylation sites (N-methyl/N-ethyl adjacent to an activating group) is 1. The highest BCUT2D eigenvalue weighted by Gasteiger charge is 2.26. The van der Waals surface area contributed by atoms with E-state index >= 15 is 0 Å². The summed E-state index contributed by atoms with van der Waals surface area (Å²) in [7, 11) is 2.13. The summed E-state index contributed by atoms with van der Waals surface area (Å²) in [6.07, 6.45) is 4.67. The minimum absolute atomic E-state index is 0.0855. The van der Waals surface area contributed by atoms with E-state index in [2.05, 4.69) is 45.7 Å². The summed E-state index contributed by atoms with van der Waals surface area (Å²) in [6, 6.07) is 16.4. The topological polar surface area (TPSA) is 64.7 Å². The summed E-state index contributed by atoms with van der Waals surface area (Å²) in [6.45, 7) is 3.88. The van der Waals surface area contributed by atoms with E-state index < -0.39 is 11.8 Å². The van der Waals surface area contributed by atoms with Crippen molar-refractivity contribution in [3.8, 4) is 0 Å². The zero-order valence-corrected chi connectivity index (χ0v) is 18.3. The van der Waals surface area contributed by atoms with Crippen LogP contribution in [0.5, 0.6) is 0 Å². The van der Waals surface area contributed by atoms with Crippen LogP contribution in [0.25, 0.3) is 0 Å². The Hall–Kier alpha value is -2.86. The van der Waals surface area contributed by atoms with Gasteiger partial charge in [0.1, 0.15) is 0 Å². The number of amides is 2. The zero-order chi connectivity index (χ0) is 21.6. The Kier molecular flexibility index (Phi) is 6.87. The highest BCUT2D eigenvalue weighted by Crippen LogP contribution is 2.32. The Bertz CT molecular complexity index is 909. The van der Waals surface area contributed by atoms with Crippen LogP contribution in [0.4, 0.5) is 5.69 Å². The largest absolute Gasteiger partial charge is 0.374 e. The predicted molar refractivity (Wildman–Crippen MR) is 123 cm³/mol. The lowest BCUT2D eigenvalue weighted by molar-refractivity contribution is -0.139. The Labute approximate surface area is 184 Å². The van der Waals surface area contributed by atoms with Gasteiger partial charge in [0.25, 0.3) is 0 Å². The summed E-state index contributed by atoms with van der Waals surface area (Å²) in [5.41, 5.74) is 4.86. The van der Waals surface area contributed by atoms with Crippen LogP contribution >= 0.6 is 0 Å². The van der Waals surface area contributed by atoms with Crippen molar-refractivity contribution in [1.29, 1.82) is 0 Å². The summed E-state index contributed by atoms with van der Waals surface area (Å²) in [5, 5.41) is 5.60. The molecule has 0 saturated carbocycles. The second-order valence-electron chi connectivity index (χ2n) is 8.55. The van der Waals surface area contributed by atoms with Crippen LogP contribution < -0.4 is 15.5 Å². The van der Waals surface area contributed by atoms with Gasteiger partial charge in [-0.2, -0.15) is 0 Å². The third-order valence-corrected chi connectivity index (χ3v) is 6.41. The monoisotopic (exact) mass is 420 g/mol. The first-order valence-electron chi connectivity index (χ1n) is 11.3. The maximum atomic E-state index is 12.5. The summed E-state index contributed by atoms with van der Waals surface area (Å²) in [5.74, 6) is -1.16. The van der Waals surface area contributed by atoms with Crippen molar-refractivity contribution in [3.63, 3.8) is 0 Å². The molecular formula is C25H32N4O2. The van der Waals surface area contributed by atoms with Gasteiger partial charge < -0.3 is 15.5 Å². The molecule has 0 aliphatic carbocycles. The Morgan fingerprint density at radius 3 is 2.45 bits per heavy atom. The van der Waals surface area contributed by atoms with Gasteiger partial charge in [-0.3, -0.25) is 14.5 Å². The molecule has 2 aliphatic heterocycles. The minimum Gasteiger partial charge on any atom is -0.374 e. The van der Waals surface area contributed by atoms with Crippen LogP contribution in [0.3, 0.4) is 0 Å². The number of carbonyl (C=O) groups excluding carboxylic acids is 2. The molecule has 1 atom stereocenters. The van der Waals surface area contributed by atoms with E-state index in [-0.39, 0.29) is 6.04 Å². The molecule has 2 aromatic carbocycles. The van der Waals surface area contributed by atoms with Crippen LogP contribution in [0.1, 0.15) is 42.0 Å². The number of fused-ring (bicyclic) bond motifs is 1. The fourth-order valence-electron chi connectivity index (χ4n) is 4.61. The number of hydrogen-bond donors (Lipinski definition) is 2. The normalized spacial score (nSPS) is 17.1. The Morgan fingerprint density at radius 2 is 1.68 bits per heavy atom. The maximum absolute atomic E-state index is 12.5. The minimum atomic E-state index is -0.586.